The van der Waals surface area contributed by atoms with E-state index in [1.165, 1.54) is 16.2 Å². The molecule has 2 aliphatic heterocycles. The van der Waals surface area contributed by atoms with Gasteiger partial charge in [-0.05, 0) is 66.6 Å². The number of carbonyl (C=O) groups excluding carboxylic acids is 3. The van der Waals surface area contributed by atoms with Gasteiger partial charge in [0.15, 0.2) is 6.61 Å². The van der Waals surface area contributed by atoms with Gasteiger partial charge in [-0.25, -0.2) is 0 Å². The number of thioether (sulfide) groups is 1. The number of hydrogen-bond acceptors (Lipinski definition) is 7. The van der Waals surface area contributed by atoms with Crippen LogP contribution < -0.4 is 19.8 Å². The molecule has 44 heavy (non-hydrogen) atoms. The van der Waals surface area contributed by atoms with E-state index in [-0.39, 0.29) is 58.1 Å². The number of rotatable bonds is 6. The van der Waals surface area contributed by atoms with Crippen LogP contribution in [0.4, 0.5) is 11.4 Å². The van der Waals surface area contributed by atoms with Gasteiger partial charge in [0.2, 0.25) is 11.8 Å². The largest absolute Gasteiger partial charge is 0.483 e. The van der Waals surface area contributed by atoms with E-state index in [2.05, 4.69) is 10.3 Å². The summed E-state index contributed by atoms with van der Waals surface area (Å²) in [7, 11) is 0. The van der Waals surface area contributed by atoms with Crippen LogP contribution in [-0.4, -0.2) is 34.6 Å². The van der Waals surface area contributed by atoms with Gasteiger partial charge in [0.1, 0.15) is 5.75 Å². The fourth-order valence-corrected chi connectivity index (χ4v) is 10.9. The van der Waals surface area contributed by atoms with Crippen LogP contribution in [0.3, 0.4) is 0 Å². The minimum absolute atomic E-state index is 0.00228. The fraction of sp³-hybridized carbons (Fsp3) is 0.273. The van der Waals surface area contributed by atoms with Crippen LogP contribution in [0.25, 0.3) is 0 Å². The molecule has 8 rings (SSSR count). The van der Waals surface area contributed by atoms with Crippen molar-refractivity contribution in [1.29, 1.82) is 0 Å². The van der Waals surface area contributed by atoms with Crippen molar-refractivity contribution in [3.63, 3.8) is 0 Å². The smallest absolute Gasteiger partial charge is 0.305 e. The normalized spacial score (nSPS) is 28.0. The van der Waals surface area contributed by atoms with Crippen molar-refractivity contribution in [2.45, 2.75) is 22.6 Å². The number of carbonyl (C=O) groups is 3. The summed E-state index contributed by atoms with van der Waals surface area (Å²) < 4.78 is 6.14. The van der Waals surface area contributed by atoms with Gasteiger partial charge >= 0.3 is 4.87 Å². The lowest BCUT2D eigenvalue weighted by molar-refractivity contribution is -0.123. The number of benzene rings is 3. The Morgan fingerprint density at radius 2 is 1.64 bits per heavy atom. The molecule has 0 unspecified atom stereocenters. The maximum Gasteiger partial charge on any atom is 0.305 e. The summed E-state index contributed by atoms with van der Waals surface area (Å²) in [5.41, 5.74) is 2.10. The summed E-state index contributed by atoms with van der Waals surface area (Å²) in [5.74, 6) is -1.10. The second-order valence-corrected chi connectivity index (χ2v) is 14.3. The van der Waals surface area contributed by atoms with Gasteiger partial charge in [-0.3, -0.25) is 24.1 Å². The fourth-order valence-electron chi connectivity index (χ4n) is 7.94. The van der Waals surface area contributed by atoms with Crippen LogP contribution in [-0.2, 0) is 14.4 Å². The second kappa shape index (κ2) is 10.6. The molecule has 3 heterocycles. The minimum Gasteiger partial charge on any atom is -0.483 e. The maximum absolute atomic E-state index is 14.0. The SMILES string of the molecule is O=C(COc1ccccc1[C@@H]1c2sc(=O)[nH]c2S[C@@H]2[C@@H]3C[C@@H]([C@@H]4C(=O)N(c5ccc(Cl)cc5)C(=O)[C@@H]34)[C@H]12)Nc1ccccc1. The summed E-state index contributed by atoms with van der Waals surface area (Å²) in [6, 6.07) is 23.6. The number of H-pyrrole nitrogens is 1. The first-order chi connectivity index (χ1) is 21.4. The molecule has 2 N–H and O–H groups in total. The van der Waals surface area contributed by atoms with Gasteiger partial charge in [0.25, 0.3) is 5.91 Å². The highest BCUT2D eigenvalue weighted by Gasteiger charge is 2.69. The first kappa shape index (κ1) is 27.7. The Morgan fingerprint density at radius 3 is 2.41 bits per heavy atom. The molecule has 8 nitrogen and oxygen atoms in total. The average molecular weight is 644 g/mol. The lowest BCUT2D eigenvalue weighted by Crippen LogP contribution is -2.42. The van der Waals surface area contributed by atoms with E-state index in [9.17, 15) is 19.2 Å². The molecule has 1 aromatic heterocycles. The number of imide groups is 1. The van der Waals surface area contributed by atoms with E-state index >= 15 is 0 Å². The summed E-state index contributed by atoms with van der Waals surface area (Å²) in [6.07, 6.45) is 0.780. The predicted octanol–water partition coefficient (Wildman–Crippen LogP) is 5.79. The molecule has 3 aromatic carbocycles. The van der Waals surface area contributed by atoms with E-state index in [1.54, 1.807) is 36.0 Å². The van der Waals surface area contributed by atoms with Crippen LogP contribution in [0.5, 0.6) is 5.75 Å². The van der Waals surface area contributed by atoms with Gasteiger partial charge < -0.3 is 15.0 Å². The number of nitrogens with one attached hydrogen (secondary N) is 2. The Balaban J connectivity index is 1.13. The van der Waals surface area contributed by atoms with Crippen molar-refractivity contribution in [3.05, 3.63) is 104 Å². The van der Waals surface area contributed by atoms with Gasteiger partial charge in [0, 0.05) is 32.3 Å². The van der Waals surface area contributed by atoms with Crippen LogP contribution in [0, 0.1) is 29.6 Å². The molecule has 0 radical (unpaired) electrons. The third kappa shape index (κ3) is 4.34. The van der Waals surface area contributed by atoms with Crippen molar-refractivity contribution >= 4 is 63.8 Å². The van der Waals surface area contributed by atoms with Gasteiger partial charge in [-0.15, -0.1) is 11.8 Å². The predicted molar refractivity (Wildman–Crippen MR) is 169 cm³/mol. The number of amides is 3. The molecule has 1 saturated heterocycles. The van der Waals surface area contributed by atoms with Gasteiger partial charge in [-0.1, -0.05) is 59.3 Å². The number of thiazole rings is 1. The highest BCUT2D eigenvalue weighted by Crippen LogP contribution is 2.69. The van der Waals surface area contributed by atoms with Crippen molar-refractivity contribution < 1.29 is 19.1 Å². The summed E-state index contributed by atoms with van der Waals surface area (Å²) in [5, 5.41) is 4.25. The maximum atomic E-state index is 14.0. The highest BCUT2D eigenvalue weighted by atomic mass is 35.5. The van der Waals surface area contributed by atoms with E-state index in [1.807, 2.05) is 54.6 Å². The summed E-state index contributed by atoms with van der Waals surface area (Å²) in [4.78, 5) is 58.4. The second-order valence-electron chi connectivity index (χ2n) is 11.7. The molecule has 2 aliphatic carbocycles. The summed E-state index contributed by atoms with van der Waals surface area (Å²) >= 11 is 8.91. The summed E-state index contributed by atoms with van der Waals surface area (Å²) in [6.45, 7) is -0.183. The van der Waals surface area contributed by atoms with Gasteiger partial charge in [0.05, 0.1) is 22.5 Å². The number of nitrogens with zero attached hydrogens (tertiary/aromatic N) is 1. The molecule has 3 amide bonds. The Bertz CT molecular complexity index is 1860. The quantitative estimate of drug-likeness (QED) is 0.258. The molecule has 3 fully saturated rings. The topological polar surface area (TPSA) is 109 Å². The Morgan fingerprint density at radius 1 is 0.932 bits per heavy atom. The highest BCUT2D eigenvalue weighted by molar-refractivity contribution is 8.00. The van der Waals surface area contributed by atoms with Crippen molar-refractivity contribution in [1.82, 2.24) is 4.98 Å². The Kier molecular flexibility index (Phi) is 6.69. The van der Waals surface area contributed by atoms with Crippen LogP contribution >= 0.6 is 34.7 Å². The zero-order valence-electron chi connectivity index (χ0n) is 23.1. The standard InChI is InChI=1S/C33H26ClN3O5S2/c34-16-10-12-18(13-11-16)37-31(39)26-20-14-21(27(26)32(37)40)28-25(20)24(29-30(43-28)36-33(41)44-29)19-8-4-5-9-22(19)42-15-23(38)35-17-6-2-1-3-7-17/h1-13,20-21,24-28H,14-15H2,(H,35,38)(H,36,41)/t20-,21-,24+,25-,26+,27+,28-/m1/s1. The molecular weight excluding hydrogens is 618 g/mol. The molecule has 4 aromatic rings. The zero-order valence-corrected chi connectivity index (χ0v) is 25.5. The van der Waals surface area contributed by atoms with Crippen LogP contribution in [0.2, 0.25) is 5.02 Å². The number of para-hydroxylation sites is 2. The van der Waals surface area contributed by atoms with Crippen LogP contribution in [0.1, 0.15) is 22.8 Å². The number of aromatic nitrogens is 1. The Labute approximate surface area is 265 Å². The van der Waals surface area contributed by atoms with E-state index in [4.69, 9.17) is 16.3 Å². The number of aromatic amines is 1. The minimum atomic E-state index is -0.422. The number of fused-ring (bicyclic) bond motifs is 9. The van der Waals surface area contributed by atoms with Gasteiger partial charge in [-0.2, -0.15) is 0 Å². The Hall–Kier alpha value is -3.86. The van der Waals surface area contributed by atoms with Crippen LogP contribution in [0.15, 0.2) is 88.7 Å². The van der Waals surface area contributed by atoms with Crippen molar-refractivity contribution in [3.8, 4) is 5.75 Å². The third-order valence-corrected chi connectivity index (χ3v) is 12.3. The van der Waals surface area contributed by atoms with E-state index in [0.717, 1.165) is 21.9 Å². The first-order valence-corrected chi connectivity index (χ1v) is 16.6. The molecule has 222 valence electrons. The number of halogens is 1. The molecule has 7 atom stereocenters. The van der Waals surface area contributed by atoms with Crippen molar-refractivity contribution in [2.24, 2.45) is 29.6 Å². The number of anilines is 2. The third-order valence-electron chi connectivity index (χ3n) is 9.48. The molecule has 4 aliphatic rings. The molecule has 0 spiro atoms. The monoisotopic (exact) mass is 643 g/mol. The molecule has 11 heteroatoms. The van der Waals surface area contributed by atoms with E-state index in [0.29, 0.717) is 22.1 Å². The average Bonchev–Trinajstić information content (AvgIpc) is 3.76. The first-order valence-electron chi connectivity index (χ1n) is 14.5. The lowest BCUT2D eigenvalue weighted by atomic mass is 9.68. The molecule has 2 saturated carbocycles. The zero-order chi connectivity index (χ0) is 30.1. The lowest BCUT2D eigenvalue weighted by Gasteiger charge is -2.43. The number of hydrogen-bond donors (Lipinski definition) is 2. The van der Waals surface area contributed by atoms with E-state index < -0.39 is 11.8 Å². The molecular formula is C33H26ClN3O5S2. The molecule has 2 bridgehead atoms. The number of ether oxygens (including phenoxy) is 1. The van der Waals surface area contributed by atoms with Crippen molar-refractivity contribution in [2.75, 3.05) is 16.8 Å².